The molecule has 0 heterocycles. The maximum Gasteiger partial charge on any atom is 0.459 e. The third kappa shape index (κ3) is 7.72. The summed E-state index contributed by atoms with van der Waals surface area (Å²) in [4.78, 5) is 23.6. The van der Waals surface area contributed by atoms with Gasteiger partial charge in [0.25, 0.3) is 0 Å². The Labute approximate surface area is 201 Å². The summed E-state index contributed by atoms with van der Waals surface area (Å²) >= 11 is 0. The Morgan fingerprint density at radius 1 is 0.861 bits per heavy atom. The number of hydrogen-bond donors (Lipinski definition) is 0. The Morgan fingerprint density at radius 2 is 1.44 bits per heavy atom. The normalized spacial score (nSPS) is 12.4. The maximum atomic E-state index is 13.3. The molecule has 0 saturated carbocycles. The quantitative estimate of drug-likeness (QED) is 0.111. The highest BCUT2D eigenvalue weighted by Gasteiger charge is 2.72. The predicted molar refractivity (Wildman–Crippen MR) is 114 cm³/mol. The molecule has 0 aromatic heterocycles. The molecule has 0 aliphatic rings. The number of benzene rings is 2. The van der Waals surface area contributed by atoms with E-state index in [2.05, 4.69) is 0 Å². The zero-order chi connectivity index (χ0) is 27.0. The first kappa shape index (κ1) is 28.7. The second kappa shape index (κ2) is 11.9. The smallest absolute Gasteiger partial charge is 0.459 e. The first-order chi connectivity index (χ1) is 16.8. The van der Waals surface area contributed by atoms with Crippen LogP contribution in [0.15, 0.2) is 54.6 Å². The summed E-state index contributed by atoms with van der Waals surface area (Å²) in [5, 5.41) is 0. The van der Waals surface area contributed by atoms with E-state index in [1.807, 2.05) is 0 Å². The number of ether oxygens (including phenoxy) is 3. The summed E-state index contributed by atoms with van der Waals surface area (Å²) in [5.41, 5.74) is 0.759. The molecule has 0 bridgehead atoms. The molecule has 0 aliphatic carbocycles. The lowest BCUT2D eigenvalue weighted by Crippen LogP contribution is -2.51. The van der Waals surface area contributed by atoms with E-state index in [9.17, 15) is 40.3 Å². The summed E-state index contributed by atoms with van der Waals surface area (Å²) < 4.78 is 104. The highest BCUT2D eigenvalue weighted by atomic mass is 19.4. The molecule has 0 saturated heterocycles. The number of hydrogen-bond acceptors (Lipinski definition) is 5. The van der Waals surface area contributed by atoms with Gasteiger partial charge in [-0.25, -0.2) is 9.59 Å². The second-order valence-corrected chi connectivity index (χ2v) is 7.30. The minimum absolute atomic E-state index is 0.0789. The fourth-order valence-corrected chi connectivity index (χ4v) is 2.70. The van der Waals surface area contributed by atoms with Gasteiger partial charge in [0.1, 0.15) is 11.5 Å². The largest absolute Gasteiger partial charge is 0.494 e. The molecule has 0 radical (unpaired) electrons. The van der Waals surface area contributed by atoms with Crippen molar-refractivity contribution in [3.63, 3.8) is 0 Å². The Hall–Kier alpha value is -3.57. The first-order valence-corrected chi connectivity index (χ1v) is 10.5. The molecule has 0 amide bonds. The molecule has 2 aromatic rings. The van der Waals surface area contributed by atoms with Crippen LogP contribution < -0.4 is 9.47 Å². The molecule has 0 aliphatic heterocycles. The fourth-order valence-electron chi connectivity index (χ4n) is 2.70. The summed E-state index contributed by atoms with van der Waals surface area (Å²) in [7, 11) is 0. The Morgan fingerprint density at radius 3 is 2.00 bits per heavy atom. The molecule has 0 unspecified atom stereocenters. The van der Waals surface area contributed by atoms with Gasteiger partial charge in [-0.3, -0.25) is 0 Å². The monoisotopic (exact) mass is 522 g/mol. The standard InChI is InChI=1S/C24H21F7O5/c1-2-34-20(32)13-6-16-4-9-19(10-5-16)36-21(33)17-7-11-18(12-8-17)35-15-3-14-22(25,26)23(27,28)24(29,30)31/h4-13H,2-3,14-15H2,1H3/b13-6+. The summed E-state index contributed by atoms with van der Waals surface area (Å²) in [6.45, 7) is 1.37. The fraction of sp³-hybridized carbons (Fsp3) is 0.333. The molecule has 0 spiro atoms. The molecular formula is C24H21F7O5. The molecule has 36 heavy (non-hydrogen) atoms. The minimum atomic E-state index is -6.37. The van der Waals surface area contributed by atoms with Gasteiger partial charge in [-0.15, -0.1) is 0 Å². The van der Waals surface area contributed by atoms with Crippen LogP contribution in [0.5, 0.6) is 11.5 Å². The number of halogens is 7. The van der Waals surface area contributed by atoms with E-state index in [0.29, 0.717) is 5.56 Å². The van der Waals surface area contributed by atoms with Gasteiger partial charge in [0, 0.05) is 12.5 Å². The van der Waals surface area contributed by atoms with Crippen molar-refractivity contribution in [1.29, 1.82) is 0 Å². The van der Waals surface area contributed by atoms with E-state index >= 15 is 0 Å². The van der Waals surface area contributed by atoms with Crippen molar-refractivity contribution in [3.8, 4) is 11.5 Å². The zero-order valence-electron chi connectivity index (χ0n) is 18.8. The summed E-state index contributed by atoms with van der Waals surface area (Å²) in [6.07, 6.45) is -6.11. The minimum Gasteiger partial charge on any atom is -0.494 e. The van der Waals surface area contributed by atoms with Crippen LogP contribution in [-0.4, -0.2) is 43.2 Å². The number of esters is 2. The van der Waals surface area contributed by atoms with Crippen LogP contribution in [0.4, 0.5) is 30.7 Å². The lowest BCUT2D eigenvalue weighted by atomic mass is 10.1. The molecule has 196 valence electrons. The van der Waals surface area contributed by atoms with Crippen molar-refractivity contribution >= 4 is 18.0 Å². The molecule has 0 atom stereocenters. The molecular weight excluding hydrogens is 501 g/mol. The maximum absolute atomic E-state index is 13.3. The topological polar surface area (TPSA) is 61.8 Å². The van der Waals surface area contributed by atoms with Gasteiger partial charge >= 0.3 is 30.0 Å². The predicted octanol–water partition coefficient (Wildman–Crippen LogP) is 6.47. The molecule has 0 N–H and O–H groups in total. The zero-order valence-corrected chi connectivity index (χ0v) is 18.8. The van der Waals surface area contributed by atoms with E-state index in [4.69, 9.17) is 14.2 Å². The second-order valence-electron chi connectivity index (χ2n) is 7.30. The lowest BCUT2D eigenvalue weighted by Gasteiger charge is -2.28. The SMILES string of the molecule is CCOC(=O)/C=C/c1ccc(OC(=O)c2ccc(OCCCC(F)(F)C(F)(F)C(F)(F)F)cc2)cc1. The molecule has 5 nitrogen and oxygen atoms in total. The number of rotatable bonds is 11. The van der Waals surface area contributed by atoms with Crippen molar-refractivity contribution < 1.29 is 54.5 Å². The van der Waals surface area contributed by atoms with Gasteiger partial charge in [0.05, 0.1) is 18.8 Å². The van der Waals surface area contributed by atoms with Crippen molar-refractivity contribution in [2.75, 3.05) is 13.2 Å². The number of carbonyl (C=O) groups excluding carboxylic acids is 2. The summed E-state index contributed by atoms with van der Waals surface area (Å²) in [6, 6.07) is 11.3. The van der Waals surface area contributed by atoms with Crippen LogP contribution in [0, 0.1) is 0 Å². The van der Waals surface area contributed by atoms with Crippen LogP contribution in [0.2, 0.25) is 0 Å². The van der Waals surface area contributed by atoms with Crippen molar-refractivity contribution in [1.82, 2.24) is 0 Å². The average molecular weight is 522 g/mol. The van der Waals surface area contributed by atoms with Crippen LogP contribution in [0.25, 0.3) is 6.08 Å². The van der Waals surface area contributed by atoms with Crippen molar-refractivity contribution in [2.45, 2.75) is 37.8 Å². The van der Waals surface area contributed by atoms with E-state index in [1.54, 1.807) is 19.1 Å². The van der Waals surface area contributed by atoms with E-state index in [-0.39, 0.29) is 23.7 Å². The number of alkyl halides is 7. The third-order valence-electron chi connectivity index (χ3n) is 4.60. The van der Waals surface area contributed by atoms with Gasteiger partial charge in [0.15, 0.2) is 0 Å². The van der Waals surface area contributed by atoms with E-state index < -0.39 is 49.4 Å². The summed E-state index contributed by atoms with van der Waals surface area (Å²) in [5.74, 6) is -12.4. The average Bonchev–Trinajstić information content (AvgIpc) is 2.81. The van der Waals surface area contributed by atoms with Gasteiger partial charge < -0.3 is 14.2 Å². The molecule has 2 rings (SSSR count). The Kier molecular flexibility index (Phi) is 9.48. The van der Waals surface area contributed by atoms with Gasteiger partial charge in [-0.1, -0.05) is 12.1 Å². The van der Waals surface area contributed by atoms with Crippen molar-refractivity contribution in [2.24, 2.45) is 0 Å². The van der Waals surface area contributed by atoms with E-state index in [1.165, 1.54) is 48.6 Å². The molecule has 2 aromatic carbocycles. The molecule has 0 fully saturated rings. The van der Waals surface area contributed by atoms with Crippen LogP contribution in [0.1, 0.15) is 35.7 Å². The van der Waals surface area contributed by atoms with Gasteiger partial charge in [0.2, 0.25) is 0 Å². The van der Waals surface area contributed by atoms with Gasteiger partial charge in [-0.2, -0.15) is 30.7 Å². The lowest BCUT2D eigenvalue weighted by molar-refractivity contribution is -0.355. The highest BCUT2D eigenvalue weighted by molar-refractivity contribution is 5.91. The number of carbonyl (C=O) groups is 2. The Bertz CT molecular complexity index is 1050. The van der Waals surface area contributed by atoms with Crippen LogP contribution >= 0.6 is 0 Å². The van der Waals surface area contributed by atoms with Gasteiger partial charge in [-0.05, 0) is 61.4 Å². The highest BCUT2D eigenvalue weighted by Crippen LogP contribution is 2.48. The Balaban J connectivity index is 1.85. The van der Waals surface area contributed by atoms with Crippen molar-refractivity contribution in [3.05, 3.63) is 65.7 Å². The first-order valence-electron chi connectivity index (χ1n) is 10.5. The van der Waals surface area contributed by atoms with Crippen LogP contribution in [-0.2, 0) is 9.53 Å². The third-order valence-corrected chi connectivity index (χ3v) is 4.60. The van der Waals surface area contributed by atoms with Crippen LogP contribution in [0.3, 0.4) is 0 Å². The van der Waals surface area contributed by atoms with E-state index in [0.717, 1.165) is 0 Å². The molecule has 12 heteroatoms.